The molecular formula is C15H23NO3S. The van der Waals surface area contributed by atoms with Crippen LogP contribution in [0.1, 0.15) is 38.2 Å². The summed E-state index contributed by atoms with van der Waals surface area (Å²) in [5.41, 5.74) is 7.05. The molecule has 1 saturated carbocycles. The van der Waals surface area contributed by atoms with Gasteiger partial charge in [0.15, 0.2) is 9.84 Å². The van der Waals surface area contributed by atoms with Crippen molar-refractivity contribution < 1.29 is 13.2 Å². The average Bonchev–Trinajstić information content (AvgIpc) is 2.38. The van der Waals surface area contributed by atoms with E-state index >= 15 is 0 Å². The van der Waals surface area contributed by atoms with Crippen molar-refractivity contribution in [2.24, 2.45) is 5.92 Å². The van der Waals surface area contributed by atoms with Gasteiger partial charge < -0.3 is 10.5 Å². The topological polar surface area (TPSA) is 69.4 Å². The second kappa shape index (κ2) is 6.04. The number of ether oxygens (including phenoxy) is 1. The first-order valence-electron chi connectivity index (χ1n) is 7.06. The number of benzene rings is 1. The fraction of sp³-hybridized carbons (Fsp3) is 0.600. The molecule has 0 amide bonds. The van der Waals surface area contributed by atoms with Crippen molar-refractivity contribution in [3.05, 3.63) is 23.8 Å². The summed E-state index contributed by atoms with van der Waals surface area (Å²) in [7, 11) is -1.55. The van der Waals surface area contributed by atoms with Crippen molar-refractivity contribution in [2.45, 2.75) is 43.6 Å². The highest BCUT2D eigenvalue weighted by Crippen LogP contribution is 2.31. The van der Waals surface area contributed by atoms with E-state index in [2.05, 4.69) is 6.92 Å². The first-order chi connectivity index (χ1) is 9.42. The van der Waals surface area contributed by atoms with E-state index in [0.29, 0.717) is 17.4 Å². The first-order valence-corrected chi connectivity index (χ1v) is 8.78. The molecule has 2 rings (SSSR count). The van der Waals surface area contributed by atoms with Crippen LogP contribution in [0.3, 0.4) is 0 Å². The predicted octanol–water partition coefficient (Wildman–Crippen LogP) is 2.77. The Morgan fingerprint density at radius 3 is 2.70 bits per heavy atom. The molecule has 0 bridgehead atoms. The number of hydrogen-bond donors (Lipinski definition) is 1. The van der Waals surface area contributed by atoms with Crippen molar-refractivity contribution in [3.8, 4) is 5.75 Å². The first kappa shape index (κ1) is 15.2. The van der Waals surface area contributed by atoms with Crippen LogP contribution in [-0.2, 0) is 15.6 Å². The van der Waals surface area contributed by atoms with Gasteiger partial charge in [0.2, 0.25) is 0 Å². The Kier molecular flexibility index (Phi) is 4.58. The zero-order chi connectivity index (χ0) is 14.8. The van der Waals surface area contributed by atoms with E-state index in [1.54, 1.807) is 25.3 Å². The van der Waals surface area contributed by atoms with Crippen LogP contribution in [0.25, 0.3) is 0 Å². The largest absolute Gasteiger partial charge is 0.495 e. The van der Waals surface area contributed by atoms with Crippen molar-refractivity contribution in [1.29, 1.82) is 0 Å². The molecule has 4 nitrogen and oxygen atoms in total. The van der Waals surface area contributed by atoms with E-state index in [9.17, 15) is 8.42 Å². The monoisotopic (exact) mass is 297 g/mol. The van der Waals surface area contributed by atoms with Gasteiger partial charge in [-0.3, -0.25) is 0 Å². The van der Waals surface area contributed by atoms with Gasteiger partial charge in [-0.1, -0.05) is 25.8 Å². The molecule has 20 heavy (non-hydrogen) atoms. The van der Waals surface area contributed by atoms with Crippen LogP contribution in [0.15, 0.2) is 18.2 Å². The number of nitrogens with two attached hydrogens (primary N) is 1. The van der Waals surface area contributed by atoms with Crippen LogP contribution < -0.4 is 10.5 Å². The second-order valence-corrected chi connectivity index (χ2v) is 8.06. The molecule has 2 unspecified atom stereocenters. The lowest BCUT2D eigenvalue weighted by Crippen LogP contribution is -2.28. The maximum Gasteiger partial charge on any atom is 0.157 e. The third kappa shape index (κ3) is 3.45. The van der Waals surface area contributed by atoms with Gasteiger partial charge in [0.05, 0.1) is 23.8 Å². The number of nitrogen functional groups attached to an aromatic ring is 1. The van der Waals surface area contributed by atoms with E-state index in [4.69, 9.17) is 10.5 Å². The number of methoxy groups -OCH3 is 1. The highest BCUT2D eigenvalue weighted by atomic mass is 32.2. The number of rotatable bonds is 4. The Morgan fingerprint density at radius 1 is 1.35 bits per heavy atom. The third-order valence-electron chi connectivity index (χ3n) is 4.06. The molecule has 0 spiro atoms. The van der Waals surface area contributed by atoms with Gasteiger partial charge in [0.1, 0.15) is 5.75 Å². The molecule has 5 heteroatoms. The lowest BCUT2D eigenvalue weighted by molar-refractivity contribution is 0.382. The maximum atomic E-state index is 12.5. The molecule has 1 aliphatic carbocycles. The van der Waals surface area contributed by atoms with Crippen LogP contribution >= 0.6 is 0 Å². The predicted molar refractivity (Wildman–Crippen MR) is 81.5 cm³/mol. The summed E-state index contributed by atoms with van der Waals surface area (Å²) in [5, 5.41) is -0.199. The molecule has 1 aromatic carbocycles. The Morgan fingerprint density at radius 2 is 2.10 bits per heavy atom. The van der Waals surface area contributed by atoms with Gasteiger partial charge in [-0.25, -0.2) is 8.42 Å². The van der Waals surface area contributed by atoms with E-state index in [0.717, 1.165) is 31.2 Å². The molecule has 1 aliphatic rings. The van der Waals surface area contributed by atoms with Gasteiger partial charge in [-0.2, -0.15) is 0 Å². The van der Waals surface area contributed by atoms with Gasteiger partial charge >= 0.3 is 0 Å². The zero-order valence-corrected chi connectivity index (χ0v) is 12.9. The Hall–Kier alpha value is -1.23. The number of hydrogen-bond acceptors (Lipinski definition) is 4. The van der Waals surface area contributed by atoms with E-state index in [1.165, 1.54) is 0 Å². The number of sulfone groups is 1. The molecule has 112 valence electrons. The molecule has 2 N–H and O–H groups in total. The highest BCUT2D eigenvalue weighted by molar-refractivity contribution is 7.91. The SMILES string of the molecule is COc1ccc(CS(=O)(=O)C2CCCC(C)C2)cc1N. The minimum atomic E-state index is -3.10. The molecule has 0 aliphatic heterocycles. The minimum Gasteiger partial charge on any atom is -0.495 e. The van der Waals surface area contributed by atoms with Crippen LogP contribution in [0.5, 0.6) is 5.75 Å². The van der Waals surface area contributed by atoms with Crippen LogP contribution in [0.4, 0.5) is 5.69 Å². The van der Waals surface area contributed by atoms with Crippen molar-refractivity contribution in [1.82, 2.24) is 0 Å². The summed E-state index contributed by atoms with van der Waals surface area (Å²) in [6, 6.07) is 5.20. The van der Waals surface area contributed by atoms with Gasteiger partial charge in [0.25, 0.3) is 0 Å². The van der Waals surface area contributed by atoms with Crippen LogP contribution in [-0.4, -0.2) is 20.8 Å². The van der Waals surface area contributed by atoms with Crippen molar-refractivity contribution in [3.63, 3.8) is 0 Å². The summed E-state index contributed by atoms with van der Waals surface area (Å²) >= 11 is 0. The fourth-order valence-corrected chi connectivity index (χ4v) is 4.96. The lowest BCUT2D eigenvalue weighted by atomic mass is 9.91. The fourth-order valence-electron chi connectivity index (χ4n) is 2.93. The van der Waals surface area contributed by atoms with Crippen molar-refractivity contribution in [2.75, 3.05) is 12.8 Å². The van der Waals surface area contributed by atoms with Gasteiger partial charge in [-0.05, 0) is 36.5 Å². The van der Waals surface area contributed by atoms with Gasteiger partial charge in [0, 0.05) is 0 Å². The molecule has 0 radical (unpaired) electrons. The minimum absolute atomic E-state index is 0.0680. The Balaban J connectivity index is 2.13. The standard InChI is InChI=1S/C15H23NO3S/c1-11-4-3-5-13(8-11)20(17,18)10-12-6-7-15(19-2)14(16)9-12/h6-7,9,11,13H,3-5,8,10,16H2,1-2H3. The van der Waals surface area contributed by atoms with E-state index in [1.807, 2.05) is 0 Å². The zero-order valence-electron chi connectivity index (χ0n) is 12.1. The Labute approximate surface area is 121 Å². The lowest BCUT2D eigenvalue weighted by Gasteiger charge is -2.26. The summed E-state index contributed by atoms with van der Waals surface area (Å²) in [6.45, 7) is 2.13. The van der Waals surface area contributed by atoms with Gasteiger partial charge in [-0.15, -0.1) is 0 Å². The van der Waals surface area contributed by atoms with Crippen molar-refractivity contribution >= 4 is 15.5 Å². The summed E-state index contributed by atoms with van der Waals surface area (Å²) in [4.78, 5) is 0. The second-order valence-electron chi connectivity index (χ2n) is 5.78. The molecule has 1 fully saturated rings. The average molecular weight is 297 g/mol. The van der Waals surface area contributed by atoms with E-state index in [-0.39, 0.29) is 11.0 Å². The third-order valence-corrected chi connectivity index (χ3v) is 6.24. The molecule has 1 aromatic rings. The molecule has 0 heterocycles. The smallest absolute Gasteiger partial charge is 0.157 e. The summed E-state index contributed by atoms with van der Waals surface area (Å²) in [6.07, 6.45) is 3.73. The van der Waals surface area contributed by atoms with E-state index < -0.39 is 9.84 Å². The molecular weight excluding hydrogens is 274 g/mol. The normalized spacial score (nSPS) is 23.5. The number of anilines is 1. The summed E-state index contributed by atoms with van der Waals surface area (Å²) < 4.78 is 30.1. The maximum absolute atomic E-state index is 12.5. The molecule has 0 saturated heterocycles. The van der Waals surface area contributed by atoms with Crippen LogP contribution in [0.2, 0.25) is 0 Å². The molecule has 0 aromatic heterocycles. The Bertz CT molecular complexity index is 568. The van der Waals surface area contributed by atoms with Crippen LogP contribution in [0, 0.1) is 5.92 Å². The summed E-state index contributed by atoms with van der Waals surface area (Å²) in [5.74, 6) is 1.15. The quantitative estimate of drug-likeness (QED) is 0.868. The molecule has 2 atom stereocenters. The highest BCUT2D eigenvalue weighted by Gasteiger charge is 2.30.